The van der Waals surface area contributed by atoms with E-state index in [9.17, 15) is 22.4 Å². The predicted molar refractivity (Wildman–Crippen MR) is 63.3 cm³/mol. The minimum atomic E-state index is -4.84. The van der Waals surface area contributed by atoms with E-state index in [4.69, 9.17) is 5.11 Å². The van der Waals surface area contributed by atoms with Crippen LogP contribution in [0.1, 0.15) is 10.5 Å². The van der Waals surface area contributed by atoms with E-state index in [2.05, 4.69) is 9.72 Å². The quantitative estimate of drug-likeness (QED) is 0.882. The summed E-state index contributed by atoms with van der Waals surface area (Å²) in [6.07, 6.45) is -3.78. The van der Waals surface area contributed by atoms with E-state index in [0.717, 1.165) is 24.4 Å². The van der Waals surface area contributed by atoms with Gasteiger partial charge in [0.2, 0.25) is 0 Å². The third kappa shape index (κ3) is 3.68. The highest BCUT2D eigenvalue weighted by Crippen LogP contribution is 2.28. The minimum absolute atomic E-state index is 0.130. The molecule has 0 aliphatic carbocycles. The summed E-state index contributed by atoms with van der Waals surface area (Å²) in [5.74, 6) is -3.09. The van der Waals surface area contributed by atoms with Gasteiger partial charge in [0.1, 0.15) is 5.75 Å². The van der Waals surface area contributed by atoms with Gasteiger partial charge in [-0.05, 0) is 23.8 Å². The maximum Gasteiger partial charge on any atom is 0.573 e. The monoisotopic (exact) mass is 301 g/mol. The zero-order valence-corrected chi connectivity index (χ0v) is 10.2. The number of aromatic nitrogens is 1. The van der Waals surface area contributed by atoms with E-state index >= 15 is 0 Å². The van der Waals surface area contributed by atoms with Crippen LogP contribution in [-0.2, 0) is 0 Å². The summed E-state index contributed by atoms with van der Waals surface area (Å²) in [5.41, 5.74) is -0.424. The van der Waals surface area contributed by atoms with Gasteiger partial charge < -0.3 is 9.84 Å². The van der Waals surface area contributed by atoms with Crippen molar-refractivity contribution in [3.8, 4) is 16.9 Å². The van der Waals surface area contributed by atoms with E-state index < -0.39 is 29.6 Å². The Labute approximate surface area is 115 Å². The molecular formula is C13H7F4NO3. The van der Waals surface area contributed by atoms with Crippen LogP contribution in [0, 0.1) is 5.82 Å². The summed E-state index contributed by atoms with van der Waals surface area (Å²) in [6, 6.07) is 5.72. The minimum Gasteiger partial charge on any atom is -0.476 e. The van der Waals surface area contributed by atoms with Gasteiger partial charge in [-0.2, -0.15) is 0 Å². The first-order valence-electron chi connectivity index (χ1n) is 5.51. The fourth-order valence-electron chi connectivity index (χ4n) is 1.63. The highest BCUT2D eigenvalue weighted by molar-refractivity contribution is 5.86. The third-order valence-corrected chi connectivity index (χ3v) is 2.44. The molecule has 0 atom stereocenters. The zero-order valence-electron chi connectivity index (χ0n) is 10.2. The van der Waals surface area contributed by atoms with Crippen molar-refractivity contribution in [2.24, 2.45) is 0 Å². The summed E-state index contributed by atoms with van der Waals surface area (Å²) in [4.78, 5) is 14.1. The van der Waals surface area contributed by atoms with Crippen molar-refractivity contribution in [1.82, 2.24) is 4.98 Å². The molecule has 0 spiro atoms. The number of hydrogen-bond acceptors (Lipinski definition) is 3. The van der Waals surface area contributed by atoms with Gasteiger partial charge in [0.25, 0.3) is 0 Å². The first-order chi connectivity index (χ1) is 9.76. The maximum absolute atomic E-state index is 13.5. The van der Waals surface area contributed by atoms with Gasteiger partial charge >= 0.3 is 12.3 Å². The van der Waals surface area contributed by atoms with Gasteiger partial charge in [-0.3, -0.25) is 0 Å². The van der Waals surface area contributed by atoms with Crippen molar-refractivity contribution >= 4 is 5.97 Å². The molecule has 0 amide bonds. The lowest BCUT2D eigenvalue weighted by atomic mass is 10.1. The maximum atomic E-state index is 13.5. The van der Waals surface area contributed by atoms with Crippen LogP contribution in [0.2, 0.25) is 0 Å². The lowest BCUT2D eigenvalue weighted by molar-refractivity contribution is -0.274. The van der Waals surface area contributed by atoms with Gasteiger partial charge in [0.05, 0.1) is 0 Å². The Bertz CT molecular complexity index is 685. The number of hydrogen-bond donors (Lipinski definition) is 1. The van der Waals surface area contributed by atoms with Crippen molar-refractivity contribution in [2.75, 3.05) is 0 Å². The molecule has 1 aromatic carbocycles. The molecule has 1 N–H and O–H groups in total. The number of alkyl halides is 3. The smallest absolute Gasteiger partial charge is 0.476 e. The molecule has 1 aromatic heterocycles. The van der Waals surface area contributed by atoms with Gasteiger partial charge in [0, 0.05) is 11.8 Å². The topological polar surface area (TPSA) is 59.4 Å². The summed E-state index contributed by atoms with van der Waals surface area (Å²) in [5, 5.41) is 8.65. The Morgan fingerprint density at radius 2 is 1.90 bits per heavy atom. The Kier molecular flexibility index (Phi) is 3.79. The van der Waals surface area contributed by atoms with E-state index in [1.807, 2.05) is 0 Å². The van der Waals surface area contributed by atoms with Crippen LogP contribution >= 0.6 is 0 Å². The number of ether oxygens (including phenoxy) is 1. The van der Waals surface area contributed by atoms with Crippen LogP contribution in [-0.4, -0.2) is 22.4 Å². The standard InChI is InChI=1S/C13H7F4NO3/c14-10-5-8(6-18-11(10)12(19)20)7-2-1-3-9(4-7)21-13(15,16)17/h1-6H,(H,19,20). The second-order valence-electron chi connectivity index (χ2n) is 3.94. The van der Waals surface area contributed by atoms with Crippen LogP contribution in [0.15, 0.2) is 36.5 Å². The largest absolute Gasteiger partial charge is 0.573 e. The van der Waals surface area contributed by atoms with Crippen molar-refractivity contribution in [3.05, 3.63) is 48.0 Å². The first kappa shape index (κ1) is 14.8. The highest BCUT2D eigenvalue weighted by atomic mass is 19.4. The molecule has 4 nitrogen and oxygen atoms in total. The van der Waals surface area contributed by atoms with Gasteiger partial charge in [-0.1, -0.05) is 12.1 Å². The number of carboxylic acid groups (broad SMARTS) is 1. The fraction of sp³-hybridized carbons (Fsp3) is 0.0769. The molecule has 2 aromatic rings. The summed E-state index contributed by atoms with van der Waals surface area (Å²) < 4.78 is 53.6. The van der Waals surface area contributed by atoms with Gasteiger partial charge in [-0.25, -0.2) is 14.2 Å². The second kappa shape index (κ2) is 5.39. The molecule has 0 saturated heterocycles. The van der Waals surface area contributed by atoms with Crippen molar-refractivity contribution in [1.29, 1.82) is 0 Å². The highest BCUT2D eigenvalue weighted by Gasteiger charge is 2.31. The molecule has 0 aliphatic rings. The Morgan fingerprint density at radius 1 is 1.19 bits per heavy atom. The first-order valence-corrected chi connectivity index (χ1v) is 5.51. The van der Waals surface area contributed by atoms with Crippen molar-refractivity contribution in [2.45, 2.75) is 6.36 Å². The molecule has 1 heterocycles. The van der Waals surface area contributed by atoms with E-state index in [1.165, 1.54) is 12.1 Å². The summed E-state index contributed by atoms with van der Waals surface area (Å²) in [6.45, 7) is 0. The van der Waals surface area contributed by atoms with Crippen LogP contribution in [0.3, 0.4) is 0 Å². The third-order valence-electron chi connectivity index (χ3n) is 2.44. The molecule has 0 radical (unpaired) electrons. The van der Waals surface area contributed by atoms with Crippen LogP contribution < -0.4 is 4.74 Å². The average Bonchev–Trinajstić information content (AvgIpc) is 2.36. The van der Waals surface area contributed by atoms with E-state index in [1.54, 1.807) is 0 Å². The van der Waals surface area contributed by atoms with Crippen molar-refractivity contribution < 1.29 is 32.2 Å². The molecule has 110 valence electrons. The molecular weight excluding hydrogens is 294 g/mol. The van der Waals surface area contributed by atoms with E-state index in [-0.39, 0.29) is 11.1 Å². The number of benzene rings is 1. The summed E-state index contributed by atoms with van der Waals surface area (Å²) >= 11 is 0. The molecule has 0 aliphatic heterocycles. The predicted octanol–water partition coefficient (Wildman–Crippen LogP) is 3.48. The van der Waals surface area contributed by atoms with Crippen LogP contribution in [0.25, 0.3) is 11.1 Å². The fourth-order valence-corrected chi connectivity index (χ4v) is 1.63. The molecule has 0 saturated carbocycles. The second-order valence-corrected chi connectivity index (χ2v) is 3.94. The van der Waals surface area contributed by atoms with Gasteiger partial charge in [0.15, 0.2) is 11.5 Å². The normalized spacial score (nSPS) is 11.2. The molecule has 2 rings (SSSR count). The molecule has 0 unspecified atom stereocenters. The molecule has 21 heavy (non-hydrogen) atoms. The lowest BCUT2D eigenvalue weighted by Gasteiger charge is -2.10. The Morgan fingerprint density at radius 3 is 2.48 bits per heavy atom. The molecule has 0 fully saturated rings. The van der Waals surface area contributed by atoms with Crippen LogP contribution in [0.4, 0.5) is 17.6 Å². The Balaban J connectivity index is 2.36. The lowest BCUT2D eigenvalue weighted by Crippen LogP contribution is -2.17. The zero-order chi connectivity index (χ0) is 15.6. The molecule has 0 bridgehead atoms. The number of rotatable bonds is 3. The van der Waals surface area contributed by atoms with Crippen LogP contribution in [0.5, 0.6) is 5.75 Å². The number of carbonyl (C=O) groups is 1. The number of nitrogens with zero attached hydrogens (tertiary/aromatic N) is 1. The Hall–Kier alpha value is -2.64. The molecule has 8 heteroatoms. The average molecular weight is 301 g/mol. The SMILES string of the molecule is O=C(O)c1ncc(-c2cccc(OC(F)(F)F)c2)cc1F. The van der Waals surface area contributed by atoms with Crippen molar-refractivity contribution in [3.63, 3.8) is 0 Å². The summed E-state index contributed by atoms with van der Waals surface area (Å²) in [7, 11) is 0. The van der Waals surface area contributed by atoms with E-state index in [0.29, 0.717) is 0 Å². The van der Waals surface area contributed by atoms with Gasteiger partial charge in [-0.15, -0.1) is 13.2 Å². The number of pyridine rings is 1. The number of aromatic carboxylic acids is 1. The number of carboxylic acids is 1. The number of halogens is 4.